The lowest BCUT2D eigenvalue weighted by molar-refractivity contribution is 0.225. The van der Waals surface area contributed by atoms with E-state index in [1.54, 1.807) is 7.11 Å². The molecule has 1 aliphatic rings. The van der Waals surface area contributed by atoms with Crippen molar-refractivity contribution in [1.82, 2.24) is 5.32 Å². The molecule has 1 heterocycles. The maximum absolute atomic E-state index is 5.97. The van der Waals surface area contributed by atoms with Crippen LogP contribution in [0.25, 0.3) is 0 Å². The maximum atomic E-state index is 5.97. The lowest BCUT2D eigenvalue weighted by atomic mass is 9.90. The molecule has 0 spiro atoms. The van der Waals surface area contributed by atoms with Crippen molar-refractivity contribution in [3.8, 4) is 11.5 Å². The van der Waals surface area contributed by atoms with E-state index in [0.29, 0.717) is 5.92 Å². The topological polar surface area (TPSA) is 30.5 Å². The van der Waals surface area contributed by atoms with Gasteiger partial charge in [-0.1, -0.05) is 12.1 Å². The molecule has 0 aromatic heterocycles. The summed E-state index contributed by atoms with van der Waals surface area (Å²) < 4.78 is 11.4. The van der Waals surface area contributed by atoms with Crippen molar-refractivity contribution < 1.29 is 9.47 Å². The largest absolute Gasteiger partial charge is 0.493 e. The number of methoxy groups -OCH3 is 1. The summed E-state index contributed by atoms with van der Waals surface area (Å²) in [5.74, 6) is 2.29. The number of benzene rings is 1. The summed E-state index contributed by atoms with van der Waals surface area (Å²) in [6, 6.07) is 6.19. The van der Waals surface area contributed by atoms with Crippen LogP contribution in [0.15, 0.2) is 18.2 Å². The molecule has 0 bridgehead atoms. The fourth-order valence-electron chi connectivity index (χ4n) is 2.49. The third-order valence-electron chi connectivity index (χ3n) is 3.32. The van der Waals surface area contributed by atoms with E-state index in [0.717, 1.165) is 24.6 Å². The molecule has 3 nitrogen and oxygen atoms in total. The molecule has 2 rings (SSSR count). The Balaban J connectivity index is 2.31. The Morgan fingerprint density at radius 3 is 2.78 bits per heavy atom. The summed E-state index contributed by atoms with van der Waals surface area (Å²) in [6.45, 7) is 6.26. The molecule has 1 atom stereocenters. The first-order valence-electron chi connectivity index (χ1n) is 6.76. The van der Waals surface area contributed by atoms with E-state index in [2.05, 4.69) is 31.3 Å². The van der Waals surface area contributed by atoms with E-state index in [1.807, 2.05) is 6.07 Å². The minimum atomic E-state index is 0.164. The molecule has 0 radical (unpaired) electrons. The second-order valence-electron chi connectivity index (χ2n) is 5.09. The van der Waals surface area contributed by atoms with Crippen molar-refractivity contribution in [3.05, 3.63) is 23.8 Å². The second-order valence-corrected chi connectivity index (χ2v) is 5.09. The van der Waals surface area contributed by atoms with Gasteiger partial charge in [-0.15, -0.1) is 0 Å². The number of rotatable bonds is 4. The standard InChI is InChI=1S/C15H23NO2/c1-11(2)18-15-13(7-4-8-14(15)17-3)12-6-5-9-16-10-12/h4,7-8,11-12,16H,5-6,9-10H2,1-3H3. The molecular weight excluding hydrogens is 226 g/mol. The zero-order chi connectivity index (χ0) is 13.0. The van der Waals surface area contributed by atoms with Crippen LogP contribution >= 0.6 is 0 Å². The normalized spacial score (nSPS) is 19.9. The zero-order valence-electron chi connectivity index (χ0n) is 11.5. The fraction of sp³-hybridized carbons (Fsp3) is 0.600. The van der Waals surface area contributed by atoms with Gasteiger partial charge in [-0.05, 0) is 39.3 Å². The van der Waals surface area contributed by atoms with Gasteiger partial charge >= 0.3 is 0 Å². The number of hydrogen-bond acceptors (Lipinski definition) is 3. The van der Waals surface area contributed by atoms with Crippen molar-refractivity contribution in [1.29, 1.82) is 0 Å². The summed E-state index contributed by atoms with van der Waals surface area (Å²) in [7, 11) is 1.70. The van der Waals surface area contributed by atoms with Crippen LogP contribution < -0.4 is 14.8 Å². The van der Waals surface area contributed by atoms with Crippen molar-refractivity contribution in [2.45, 2.75) is 38.7 Å². The van der Waals surface area contributed by atoms with Crippen LogP contribution in [0.4, 0.5) is 0 Å². The third-order valence-corrected chi connectivity index (χ3v) is 3.32. The number of piperidine rings is 1. The molecule has 1 saturated heterocycles. The quantitative estimate of drug-likeness (QED) is 0.890. The Bertz CT molecular complexity index is 384. The molecule has 18 heavy (non-hydrogen) atoms. The monoisotopic (exact) mass is 249 g/mol. The third kappa shape index (κ3) is 2.96. The van der Waals surface area contributed by atoms with Gasteiger partial charge in [0.1, 0.15) is 0 Å². The molecule has 1 aromatic carbocycles. The molecule has 100 valence electrons. The van der Waals surface area contributed by atoms with E-state index in [9.17, 15) is 0 Å². The highest BCUT2D eigenvalue weighted by molar-refractivity contribution is 5.48. The minimum Gasteiger partial charge on any atom is -0.493 e. The van der Waals surface area contributed by atoms with Crippen LogP contribution in [0.2, 0.25) is 0 Å². The average molecular weight is 249 g/mol. The van der Waals surface area contributed by atoms with Gasteiger partial charge in [0.2, 0.25) is 0 Å². The van der Waals surface area contributed by atoms with Crippen molar-refractivity contribution >= 4 is 0 Å². The Hall–Kier alpha value is -1.22. The number of hydrogen-bond donors (Lipinski definition) is 1. The number of ether oxygens (including phenoxy) is 2. The van der Waals surface area contributed by atoms with Gasteiger partial charge in [0.25, 0.3) is 0 Å². The Morgan fingerprint density at radius 1 is 1.33 bits per heavy atom. The summed E-state index contributed by atoms with van der Waals surface area (Å²) in [4.78, 5) is 0. The highest BCUT2D eigenvalue weighted by Gasteiger charge is 2.21. The second kappa shape index (κ2) is 6.10. The molecule has 1 aliphatic heterocycles. The highest BCUT2D eigenvalue weighted by atomic mass is 16.5. The van der Waals surface area contributed by atoms with E-state index in [-0.39, 0.29) is 6.10 Å². The predicted octanol–water partition coefficient (Wildman–Crippen LogP) is 2.95. The van der Waals surface area contributed by atoms with E-state index < -0.39 is 0 Å². The van der Waals surface area contributed by atoms with Gasteiger partial charge in [-0.3, -0.25) is 0 Å². The first kappa shape index (κ1) is 13.2. The molecule has 0 saturated carbocycles. The van der Waals surface area contributed by atoms with Crippen LogP contribution in [-0.2, 0) is 0 Å². The van der Waals surface area contributed by atoms with Gasteiger partial charge in [-0.2, -0.15) is 0 Å². The van der Waals surface area contributed by atoms with Gasteiger partial charge < -0.3 is 14.8 Å². The van der Waals surface area contributed by atoms with Crippen LogP contribution in [0.1, 0.15) is 38.2 Å². The molecule has 0 amide bonds. The first-order valence-corrected chi connectivity index (χ1v) is 6.76. The van der Waals surface area contributed by atoms with Crippen LogP contribution in [0.5, 0.6) is 11.5 Å². The van der Waals surface area contributed by atoms with Crippen LogP contribution in [0, 0.1) is 0 Å². The summed E-state index contributed by atoms with van der Waals surface area (Å²) in [6.07, 6.45) is 2.61. The summed E-state index contributed by atoms with van der Waals surface area (Å²) >= 11 is 0. The first-order chi connectivity index (χ1) is 8.72. The van der Waals surface area contributed by atoms with Gasteiger partial charge in [0.15, 0.2) is 11.5 Å². The Morgan fingerprint density at radius 2 is 2.17 bits per heavy atom. The van der Waals surface area contributed by atoms with Crippen molar-refractivity contribution in [2.75, 3.05) is 20.2 Å². The van der Waals surface area contributed by atoms with Crippen LogP contribution in [0.3, 0.4) is 0 Å². The SMILES string of the molecule is COc1cccc(C2CCCNC2)c1OC(C)C. The minimum absolute atomic E-state index is 0.164. The molecule has 1 unspecified atom stereocenters. The summed E-state index contributed by atoms with van der Waals surface area (Å²) in [5.41, 5.74) is 1.27. The van der Waals surface area contributed by atoms with E-state index in [4.69, 9.17) is 9.47 Å². The van der Waals surface area contributed by atoms with Crippen molar-refractivity contribution in [2.24, 2.45) is 0 Å². The van der Waals surface area contributed by atoms with Gasteiger partial charge in [-0.25, -0.2) is 0 Å². The van der Waals surface area contributed by atoms with E-state index >= 15 is 0 Å². The molecule has 1 aromatic rings. The number of para-hydroxylation sites is 1. The predicted molar refractivity (Wildman–Crippen MR) is 73.6 cm³/mol. The molecule has 1 N–H and O–H groups in total. The van der Waals surface area contributed by atoms with Crippen LogP contribution in [-0.4, -0.2) is 26.3 Å². The lowest BCUT2D eigenvalue weighted by Gasteiger charge is -2.26. The molecule has 3 heteroatoms. The lowest BCUT2D eigenvalue weighted by Crippen LogP contribution is -2.28. The Labute approximate surface area is 109 Å². The van der Waals surface area contributed by atoms with Gasteiger partial charge in [0.05, 0.1) is 13.2 Å². The molecule has 0 aliphatic carbocycles. The molecular formula is C15H23NO2. The molecule has 1 fully saturated rings. The Kier molecular flexibility index (Phi) is 4.48. The zero-order valence-corrected chi connectivity index (χ0v) is 11.5. The highest BCUT2D eigenvalue weighted by Crippen LogP contribution is 2.38. The maximum Gasteiger partial charge on any atom is 0.165 e. The van der Waals surface area contributed by atoms with Gasteiger partial charge in [0, 0.05) is 18.0 Å². The van der Waals surface area contributed by atoms with E-state index in [1.165, 1.54) is 18.4 Å². The van der Waals surface area contributed by atoms with Crippen molar-refractivity contribution in [3.63, 3.8) is 0 Å². The number of nitrogens with one attached hydrogen (secondary N) is 1. The fourth-order valence-corrected chi connectivity index (χ4v) is 2.49. The smallest absolute Gasteiger partial charge is 0.165 e. The summed E-state index contributed by atoms with van der Waals surface area (Å²) in [5, 5.41) is 3.45. The average Bonchev–Trinajstić information content (AvgIpc) is 2.39.